The number of carbonyl (C=O) groups is 2. The van der Waals surface area contributed by atoms with Crippen molar-refractivity contribution in [2.45, 2.75) is 58.8 Å². The molecule has 21 heavy (non-hydrogen) atoms. The fourth-order valence-electron chi connectivity index (χ4n) is 5.68. The third kappa shape index (κ3) is 1.77. The van der Waals surface area contributed by atoms with Gasteiger partial charge in [-0.2, -0.15) is 0 Å². The Morgan fingerprint density at radius 2 is 1.95 bits per heavy atom. The summed E-state index contributed by atoms with van der Waals surface area (Å²) in [6, 6.07) is 0. The third-order valence-electron chi connectivity index (χ3n) is 6.77. The Morgan fingerprint density at radius 1 is 1.14 bits per heavy atom. The first-order valence-corrected chi connectivity index (χ1v) is 8.49. The molecule has 2 heteroatoms. The molecular formula is C19H24O2. The van der Waals surface area contributed by atoms with Gasteiger partial charge < -0.3 is 0 Å². The highest BCUT2D eigenvalue weighted by atomic mass is 16.1. The van der Waals surface area contributed by atoms with E-state index in [-0.39, 0.29) is 5.41 Å². The van der Waals surface area contributed by atoms with Gasteiger partial charge in [-0.3, -0.25) is 9.59 Å². The van der Waals surface area contributed by atoms with E-state index < -0.39 is 0 Å². The lowest BCUT2D eigenvalue weighted by Gasteiger charge is -2.49. The minimum Gasteiger partial charge on any atom is -0.299 e. The molecule has 0 radical (unpaired) electrons. The van der Waals surface area contributed by atoms with Crippen LogP contribution in [0.25, 0.3) is 0 Å². The number of ketones is 2. The van der Waals surface area contributed by atoms with E-state index >= 15 is 0 Å². The zero-order valence-corrected chi connectivity index (χ0v) is 13.1. The Bertz CT molecular complexity index is 595. The maximum Gasteiger partial charge on any atom is 0.156 e. The summed E-state index contributed by atoms with van der Waals surface area (Å²) in [4.78, 5) is 24.1. The molecule has 2 unspecified atom stereocenters. The molecule has 2 fully saturated rings. The maximum atomic E-state index is 12.4. The third-order valence-corrected chi connectivity index (χ3v) is 6.77. The van der Waals surface area contributed by atoms with Crippen molar-refractivity contribution in [2.75, 3.05) is 0 Å². The van der Waals surface area contributed by atoms with Gasteiger partial charge in [0.2, 0.25) is 0 Å². The topological polar surface area (TPSA) is 34.1 Å². The number of allylic oxidation sites excluding steroid dienone is 4. The maximum absolute atomic E-state index is 12.4. The second-order valence-corrected chi connectivity index (χ2v) is 7.83. The zero-order chi connectivity index (χ0) is 14.8. The molecule has 0 aromatic carbocycles. The summed E-state index contributed by atoms with van der Waals surface area (Å²) in [5, 5.41) is 0. The molecule has 0 bridgehead atoms. The molecule has 0 aliphatic heterocycles. The quantitative estimate of drug-likeness (QED) is 0.673. The largest absolute Gasteiger partial charge is 0.299 e. The van der Waals surface area contributed by atoms with Crippen LogP contribution in [-0.4, -0.2) is 11.6 Å². The lowest BCUT2D eigenvalue weighted by Crippen LogP contribution is -2.43. The molecule has 4 atom stereocenters. The van der Waals surface area contributed by atoms with Crippen LogP contribution in [-0.2, 0) is 9.59 Å². The fraction of sp³-hybridized carbons (Fsp3) is 0.684. The normalized spacial score (nSPS) is 42.4. The average molecular weight is 284 g/mol. The molecule has 4 aliphatic rings. The number of fused-ring (bicyclic) bond motifs is 4. The highest BCUT2D eigenvalue weighted by molar-refractivity contribution is 5.93. The van der Waals surface area contributed by atoms with E-state index in [1.807, 2.05) is 6.08 Å². The molecule has 2 saturated carbocycles. The fourth-order valence-corrected chi connectivity index (χ4v) is 5.68. The van der Waals surface area contributed by atoms with Gasteiger partial charge in [-0.15, -0.1) is 0 Å². The van der Waals surface area contributed by atoms with Gasteiger partial charge in [0.25, 0.3) is 0 Å². The van der Waals surface area contributed by atoms with Crippen LogP contribution in [0, 0.1) is 23.2 Å². The number of hydrogen-bond acceptors (Lipinski definition) is 2. The van der Waals surface area contributed by atoms with E-state index in [1.165, 1.54) is 11.1 Å². The molecular weight excluding hydrogens is 260 g/mol. The molecule has 0 N–H and O–H groups in total. The second kappa shape index (κ2) is 4.41. The summed E-state index contributed by atoms with van der Waals surface area (Å²) < 4.78 is 0. The first-order chi connectivity index (χ1) is 10.0. The zero-order valence-electron chi connectivity index (χ0n) is 13.1. The van der Waals surface area contributed by atoms with E-state index in [9.17, 15) is 9.59 Å². The first kappa shape index (κ1) is 13.5. The van der Waals surface area contributed by atoms with E-state index in [0.717, 1.165) is 38.5 Å². The number of rotatable bonds is 0. The van der Waals surface area contributed by atoms with Gasteiger partial charge in [-0.1, -0.05) is 19.4 Å². The Labute approximate surface area is 126 Å². The van der Waals surface area contributed by atoms with Crippen LogP contribution >= 0.6 is 0 Å². The van der Waals surface area contributed by atoms with Crippen LogP contribution in [0.4, 0.5) is 0 Å². The van der Waals surface area contributed by atoms with Crippen LogP contribution in [0.1, 0.15) is 58.8 Å². The van der Waals surface area contributed by atoms with E-state index in [1.54, 1.807) is 5.57 Å². The molecule has 0 aromatic rings. The summed E-state index contributed by atoms with van der Waals surface area (Å²) in [5.41, 5.74) is 4.37. The van der Waals surface area contributed by atoms with Crippen molar-refractivity contribution >= 4 is 11.6 Å². The van der Waals surface area contributed by atoms with Gasteiger partial charge >= 0.3 is 0 Å². The van der Waals surface area contributed by atoms with Crippen molar-refractivity contribution in [1.82, 2.24) is 0 Å². The van der Waals surface area contributed by atoms with E-state index in [2.05, 4.69) is 13.8 Å². The number of hydrogen-bond donors (Lipinski definition) is 0. The second-order valence-electron chi connectivity index (χ2n) is 7.83. The van der Waals surface area contributed by atoms with Gasteiger partial charge in [0, 0.05) is 18.3 Å². The molecule has 0 saturated heterocycles. The smallest absolute Gasteiger partial charge is 0.156 e. The summed E-state index contributed by atoms with van der Waals surface area (Å²) >= 11 is 0. The van der Waals surface area contributed by atoms with E-state index in [4.69, 9.17) is 0 Å². The van der Waals surface area contributed by atoms with Crippen molar-refractivity contribution in [3.8, 4) is 0 Å². The number of carbonyl (C=O) groups excluding carboxylic acids is 2. The molecule has 0 spiro atoms. The Kier molecular flexibility index (Phi) is 2.83. The predicted molar refractivity (Wildman–Crippen MR) is 81.7 cm³/mol. The Hall–Kier alpha value is -1.18. The van der Waals surface area contributed by atoms with Crippen molar-refractivity contribution in [3.63, 3.8) is 0 Å². The van der Waals surface area contributed by atoms with Crippen molar-refractivity contribution in [1.29, 1.82) is 0 Å². The molecule has 2 nitrogen and oxygen atoms in total. The highest BCUT2D eigenvalue weighted by Gasteiger charge is 2.54. The first-order valence-electron chi connectivity index (χ1n) is 8.49. The highest BCUT2D eigenvalue weighted by Crippen LogP contribution is 2.59. The van der Waals surface area contributed by atoms with E-state index in [0.29, 0.717) is 35.7 Å². The average Bonchev–Trinajstić information content (AvgIpc) is 2.74. The standard InChI is InChI=1S/C19H24O2/c1-11-9-12-10-13(20)3-4-14(12)15-7-8-19(2)16(18(11)15)5-6-17(19)21/h10-11,16,18H,3-9H2,1-2H3/t11-,16?,18?,19+/m1/s1. The van der Waals surface area contributed by atoms with Crippen molar-refractivity contribution in [2.24, 2.45) is 23.2 Å². The van der Waals surface area contributed by atoms with Crippen LogP contribution in [0.3, 0.4) is 0 Å². The summed E-state index contributed by atoms with van der Waals surface area (Å²) in [6.07, 6.45) is 8.55. The number of Topliss-reactive ketones (excluding diaryl/α,β-unsaturated/α-hetero) is 1. The van der Waals surface area contributed by atoms with Crippen molar-refractivity contribution in [3.05, 3.63) is 22.8 Å². The van der Waals surface area contributed by atoms with Crippen LogP contribution < -0.4 is 0 Å². The van der Waals surface area contributed by atoms with Crippen molar-refractivity contribution < 1.29 is 9.59 Å². The Morgan fingerprint density at radius 3 is 2.76 bits per heavy atom. The van der Waals surface area contributed by atoms with Gasteiger partial charge in [0.1, 0.15) is 5.78 Å². The monoisotopic (exact) mass is 284 g/mol. The molecule has 4 aliphatic carbocycles. The molecule has 0 amide bonds. The summed E-state index contributed by atoms with van der Waals surface area (Å²) in [7, 11) is 0. The predicted octanol–water partition coefficient (Wildman–Crippen LogP) is 4.01. The SMILES string of the molecule is C[C@@H]1CC2=CC(=O)CCC2=C2CC[C@]3(C)C(=O)CCC3C21. The minimum absolute atomic E-state index is 0.0608. The minimum atomic E-state index is -0.0608. The van der Waals surface area contributed by atoms with Gasteiger partial charge in [-0.25, -0.2) is 0 Å². The molecule has 4 rings (SSSR count). The van der Waals surface area contributed by atoms with Crippen LogP contribution in [0.2, 0.25) is 0 Å². The van der Waals surface area contributed by atoms with Crippen LogP contribution in [0.5, 0.6) is 0 Å². The summed E-state index contributed by atoms with van der Waals surface area (Å²) in [6.45, 7) is 4.55. The summed E-state index contributed by atoms with van der Waals surface area (Å²) in [5.74, 6) is 2.53. The Balaban J connectivity index is 1.80. The lowest BCUT2D eigenvalue weighted by molar-refractivity contribution is -0.128. The lowest BCUT2D eigenvalue weighted by atomic mass is 9.55. The van der Waals surface area contributed by atoms with Gasteiger partial charge in [-0.05, 0) is 67.1 Å². The van der Waals surface area contributed by atoms with Gasteiger partial charge in [0.15, 0.2) is 5.78 Å². The van der Waals surface area contributed by atoms with Crippen LogP contribution in [0.15, 0.2) is 22.8 Å². The van der Waals surface area contributed by atoms with Gasteiger partial charge in [0.05, 0.1) is 0 Å². The molecule has 112 valence electrons. The molecule has 0 heterocycles. The molecule has 0 aromatic heterocycles.